The molecule has 18 heavy (non-hydrogen) atoms. The third kappa shape index (κ3) is 2.77. The molecule has 4 nitrogen and oxygen atoms in total. The Balaban J connectivity index is 2.26. The average molecular weight is 244 g/mol. The van der Waals surface area contributed by atoms with Gasteiger partial charge >= 0.3 is 5.97 Å². The second kappa shape index (κ2) is 5.04. The second-order valence-electron chi connectivity index (χ2n) is 4.43. The topological polar surface area (TPSA) is 55.1 Å². The van der Waals surface area contributed by atoms with E-state index in [2.05, 4.69) is 11.1 Å². The van der Waals surface area contributed by atoms with E-state index in [1.165, 1.54) is 5.56 Å². The summed E-state index contributed by atoms with van der Waals surface area (Å²) in [5.74, 6) is 0.0804. The summed E-state index contributed by atoms with van der Waals surface area (Å²) in [6.45, 7) is 2.04. The maximum absolute atomic E-state index is 10.5. The number of rotatable bonds is 4. The van der Waals surface area contributed by atoms with Crippen molar-refractivity contribution in [2.24, 2.45) is 7.05 Å². The third-order valence-corrected chi connectivity index (χ3v) is 2.80. The summed E-state index contributed by atoms with van der Waals surface area (Å²) < 4.78 is 1.94. The van der Waals surface area contributed by atoms with Crippen LogP contribution in [0.5, 0.6) is 0 Å². The van der Waals surface area contributed by atoms with Gasteiger partial charge in [0.05, 0.1) is 12.1 Å². The van der Waals surface area contributed by atoms with Gasteiger partial charge in [0.2, 0.25) is 0 Å². The fraction of sp³-hybridized carbons (Fsp3) is 0.286. The zero-order valence-corrected chi connectivity index (χ0v) is 10.6. The van der Waals surface area contributed by atoms with Crippen LogP contribution in [0.25, 0.3) is 11.4 Å². The van der Waals surface area contributed by atoms with Crippen molar-refractivity contribution in [3.8, 4) is 11.4 Å². The van der Waals surface area contributed by atoms with Gasteiger partial charge in [-0.05, 0) is 13.0 Å². The highest BCUT2D eigenvalue weighted by atomic mass is 16.4. The van der Waals surface area contributed by atoms with E-state index in [9.17, 15) is 4.79 Å². The van der Waals surface area contributed by atoms with Gasteiger partial charge in [0.25, 0.3) is 0 Å². The van der Waals surface area contributed by atoms with E-state index in [4.69, 9.17) is 5.11 Å². The summed E-state index contributed by atoms with van der Waals surface area (Å²) in [5.41, 5.74) is 3.05. The zero-order valence-electron chi connectivity index (χ0n) is 10.6. The molecule has 0 aliphatic rings. The van der Waals surface area contributed by atoms with Crippen LogP contribution in [-0.4, -0.2) is 20.6 Å². The molecule has 0 radical (unpaired) electrons. The van der Waals surface area contributed by atoms with E-state index in [1.807, 2.05) is 42.9 Å². The molecule has 0 saturated heterocycles. The predicted molar refractivity (Wildman–Crippen MR) is 69.3 cm³/mol. The quantitative estimate of drug-likeness (QED) is 0.898. The smallest absolute Gasteiger partial charge is 0.303 e. The maximum atomic E-state index is 10.5. The molecule has 0 saturated carbocycles. The van der Waals surface area contributed by atoms with Crippen LogP contribution in [0.4, 0.5) is 0 Å². The average Bonchev–Trinajstić information content (AvgIpc) is 2.68. The zero-order chi connectivity index (χ0) is 13.1. The lowest BCUT2D eigenvalue weighted by Gasteiger charge is -2.02. The van der Waals surface area contributed by atoms with E-state index < -0.39 is 5.97 Å². The number of hydrogen-bond donors (Lipinski definition) is 1. The molecule has 1 aromatic carbocycles. The normalized spacial score (nSPS) is 10.6. The van der Waals surface area contributed by atoms with Crippen molar-refractivity contribution >= 4 is 5.97 Å². The molecule has 0 spiro atoms. The molecule has 1 aromatic heterocycles. The molecular formula is C14H16N2O2. The predicted octanol–water partition coefficient (Wildman–Crippen LogP) is 2.41. The van der Waals surface area contributed by atoms with Gasteiger partial charge in [-0.25, -0.2) is 4.98 Å². The Hall–Kier alpha value is -2.10. The van der Waals surface area contributed by atoms with Crippen LogP contribution in [0.2, 0.25) is 0 Å². The van der Waals surface area contributed by atoms with E-state index in [0.717, 1.165) is 17.1 Å². The Bertz CT molecular complexity index is 573. The maximum Gasteiger partial charge on any atom is 0.303 e. The molecule has 4 heteroatoms. The number of aryl methyl sites for hydroxylation is 3. The number of hydrogen-bond acceptors (Lipinski definition) is 2. The van der Waals surface area contributed by atoms with Crippen molar-refractivity contribution in [1.82, 2.24) is 9.55 Å². The molecule has 0 atom stereocenters. The van der Waals surface area contributed by atoms with Gasteiger partial charge in [-0.3, -0.25) is 4.79 Å². The van der Waals surface area contributed by atoms with Crippen LogP contribution in [0.1, 0.15) is 17.7 Å². The monoisotopic (exact) mass is 244 g/mol. The molecule has 0 bridgehead atoms. The summed E-state index contributed by atoms with van der Waals surface area (Å²) in [6.07, 6.45) is 2.47. The minimum absolute atomic E-state index is 0.115. The van der Waals surface area contributed by atoms with E-state index in [-0.39, 0.29) is 6.42 Å². The summed E-state index contributed by atoms with van der Waals surface area (Å²) in [6, 6.07) is 8.12. The molecule has 1 N–H and O–H groups in total. The molecule has 0 unspecified atom stereocenters. The fourth-order valence-electron chi connectivity index (χ4n) is 1.94. The third-order valence-electron chi connectivity index (χ3n) is 2.80. The molecule has 94 valence electrons. The highest BCUT2D eigenvalue weighted by Crippen LogP contribution is 2.19. The Kier molecular flexibility index (Phi) is 3.46. The van der Waals surface area contributed by atoms with Gasteiger partial charge < -0.3 is 9.67 Å². The van der Waals surface area contributed by atoms with Crippen molar-refractivity contribution in [2.45, 2.75) is 19.8 Å². The molecule has 0 fully saturated rings. The van der Waals surface area contributed by atoms with Gasteiger partial charge in [0, 0.05) is 25.2 Å². The minimum atomic E-state index is -0.794. The summed E-state index contributed by atoms with van der Waals surface area (Å²) in [4.78, 5) is 15.0. The molecule has 0 aliphatic carbocycles. The number of nitrogens with zero attached hydrogens (tertiary/aromatic N) is 2. The highest BCUT2D eigenvalue weighted by Gasteiger charge is 2.09. The molecule has 0 aliphatic heterocycles. The Morgan fingerprint density at radius 1 is 1.44 bits per heavy atom. The van der Waals surface area contributed by atoms with Gasteiger partial charge in [0.15, 0.2) is 0 Å². The molecule has 1 heterocycles. The lowest BCUT2D eigenvalue weighted by molar-refractivity contribution is -0.136. The highest BCUT2D eigenvalue weighted by molar-refractivity contribution is 5.67. The number of carbonyl (C=O) groups is 1. The van der Waals surface area contributed by atoms with E-state index in [0.29, 0.717) is 6.42 Å². The van der Waals surface area contributed by atoms with Crippen molar-refractivity contribution in [3.63, 3.8) is 0 Å². The SMILES string of the molecule is Cc1cccc(-c2nc(CCC(=O)O)cn2C)c1. The van der Waals surface area contributed by atoms with Crippen LogP contribution in [-0.2, 0) is 18.3 Å². The first-order valence-corrected chi connectivity index (χ1v) is 5.87. The molecule has 0 amide bonds. The van der Waals surface area contributed by atoms with Crippen LogP contribution in [0, 0.1) is 6.92 Å². The number of carboxylic acid groups (broad SMARTS) is 1. The summed E-state index contributed by atoms with van der Waals surface area (Å²) in [7, 11) is 1.93. The lowest BCUT2D eigenvalue weighted by atomic mass is 10.1. The molecule has 2 aromatic rings. The van der Waals surface area contributed by atoms with Gasteiger partial charge in [-0.2, -0.15) is 0 Å². The van der Waals surface area contributed by atoms with Crippen LogP contribution >= 0.6 is 0 Å². The first-order valence-electron chi connectivity index (χ1n) is 5.87. The first kappa shape index (κ1) is 12.4. The lowest BCUT2D eigenvalue weighted by Crippen LogP contribution is -1.97. The molecule has 2 rings (SSSR count). The molecular weight excluding hydrogens is 228 g/mol. The number of imidazole rings is 1. The van der Waals surface area contributed by atoms with E-state index in [1.54, 1.807) is 0 Å². The Morgan fingerprint density at radius 2 is 2.22 bits per heavy atom. The van der Waals surface area contributed by atoms with E-state index >= 15 is 0 Å². The van der Waals surface area contributed by atoms with Crippen molar-refractivity contribution in [3.05, 3.63) is 41.7 Å². The van der Waals surface area contributed by atoms with Crippen molar-refractivity contribution in [1.29, 1.82) is 0 Å². The van der Waals surface area contributed by atoms with Crippen LogP contribution in [0.3, 0.4) is 0 Å². The van der Waals surface area contributed by atoms with Gasteiger partial charge in [-0.15, -0.1) is 0 Å². The fourth-order valence-corrected chi connectivity index (χ4v) is 1.94. The number of carboxylic acids is 1. The standard InChI is InChI=1S/C14H16N2O2/c1-10-4-3-5-11(8-10)14-15-12(9-16(14)2)6-7-13(17)18/h3-5,8-9H,6-7H2,1-2H3,(H,17,18). The second-order valence-corrected chi connectivity index (χ2v) is 4.43. The first-order chi connectivity index (χ1) is 8.56. The van der Waals surface area contributed by atoms with Crippen molar-refractivity contribution in [2.75, 3.05) is 0 Å². The summed E-state index contributed by atoms with van der Waals surface area (Å²) >= 11 is 0. The number of aromatic nitrogens is 2. The number of aliphatic carboxylic acids is 1. The number of benzene rings is 1. The van der Waals surface area contributed by atoms with Gasteiger partial charge in [0.1, 0.15) is 5.82 Å². The van der Waals surface area contributed by atoms with Crippen LogP contribution < -0.4 is 0 Å². The van der Waals surface area contributed by atoms with Crippen LogP contribution in [0.15, 0.2) is 30.5 Å². The largest absolute Gasteiger partial charge is 0.481 e. The van der Waals surface area contributed by atoms with Gasteiger partial charge in [-0.1, -0.05) is 23.8 Å². The Labute approximate surface area is 106 Å². The summed E-state index contributed by atoms with van der Waals surface area (Å²) in [5, 5.41) is 8.67. The van der Waals surface area contributed by atoms with Crippen molar-refractivity contribution < 1.29 is 9.90 Å². The Morgan fingerprint density at radius 3 is 2.89 bits per heavy atom. The minimum Gasteiger partial charge on any atom is -0.481 e.